The molecule has 2 saturated heterocycles. The average Bonchev–Trinajstić information content (AvgIpc) is 3.05. The fraction of sp³-hybridized carbons (Fsp3) is 0.462. The van der Waals surface area contributed by atoms with Crippen LogP contribution in [0.5, 0.6) is 0 Å². The van der Waals surface area contributed by atoms with E-state index in [9.17, 15) is 14.4 Å². The predicted molar refractivity (Wildman–Crippen MR) is 78.5 cm³/mol. The molecule has 21 heavy (non-hydrogen) atoms. The first kappa shape index (κ1) is 14.3. The van der Waals surface area contributed by atoms with Crippen molar-refractivity contribution in [3.05, 3.63) is 21.3 Å². The number of rotatable bonds is 2. The largest absolute Gasteiger partial charge is 0.338 e. The number of hydrogen-bond donors (Lipinski definition) is 1. The van der Waals surface area contributed by atoms with Gasteiger partial charge in [0.2, 0.25) is 5.91 Å². The summed E-state index contributed by atoms with van der Waals surface area (Å²) in [6, 6.07) is 2.99. The molecule has 4 amide bonds. The highest BCUT2D eigenvalue weighted by atomic mass is 35.5. The average molecular weight is 328 g/mol. The van der Waals surface area contributed by atoms with Gasteiger partial charge in [-0.15, -0.1) is 11.3 Å². The third kappa shape index (κ3) is 2.75. The molecule has 1 aromatic rings. The maximum atomic E-state index is 12.3. The van der Waals surface area contributed by atoms with Crippen LogP contribution in [0.2, 0.25) is 4.34 Å². The number of likely N-dealkylation sites (tertiary alicyclic amines) is 1. The molecule has 6 nitrogen and oxygen atoms in total. The number of thiophene rings is 1. The van der Waals surface area contributed by atoms with Gasteiger partial charge in [-0.2, -0.15) is 0 Å². The van der Waals surface area contributed by atoms with E-state index in [1.54, 1.807) is 17.0 Å². The van der Waals surface area contributed by atoms with Gasteiger partial charge < -0.3 is 10.2 Å². The van der Waals surface area contributed by atoms with Crippen LogP contribution >= 0.6 is 22.9 Å². The van der Waals surface area contributed by atoms with Crippen LogP contribution in [0.25, 0.3) is 0 Å². The molecule has 0 spiro atoms. The van der Waals surface area contributed by atoms with E-state index in [-0.39, 0.29) is 30.4 Å². The van der Waals surface area contributed by atoms with Gasteiger partial charge in [0.1, 0.15) is 0 Å². The van der Waals surface area contributed by atoms with Crippen molar-refractivity contribution < 1.29 is 14.4 Å². The van der Waals surface area contributed by atoms with Crippen molar-refractivity contribution in [3.8, 4) is 0 Å². The zero-order chi connectivity index (χ0) is 15.0. The van der Waals surface area contributed by atoms with Crippen molar-refractivity contribution in [2.75, 3.05) is 19.6 Å². The number of nitrogens with one attached hydrogen (secondary N) is 1. The summed E-state index contributed by atoms with van der Waals surface area (Å²) in [5.41, 5.74) is 0. The van der Waals surface area contributed by atoms with Gasteiger partial charge >= 0.3 is 6.03 Å². The molecule has 8 heteroatoms. The highest BCUT2D eigenvalue weighted by Gasteiger charge is 2.37. The number of piperidine rings is 1. The smallest absolute Gasteiger partial charge is 0.324 e. The lowest BCUT2D eigenvalue weighted by molar-refractivity contribution is -0.127. The summed E-state index contributed by atoms with van der Waals surface area (Å²) in [5.74, 6) is -0.225. The summed E-state index contributed by atoms with van der Waals surface area (Å²) in [6.45, 7) is 1.15. The molecule has 0 aromatic carbocycles. The number of urea groups is 1. The van der Waals surface area contributed by atoms with Crippen LogP contribution in [0.15, 0.2) is 12.1 Å². The van der Waals surface area contributed by atoms with Crippen LogP contribution < -0.4 is 5.32 Å². The zero-order valence-corrected chi connectivity index (χ0v) is 12.7. The van der Waals surface area contributed by atoms with Gasteiger partial charge in [0, 0.05) is 19.1 Å². The van der Waals surface area contributed by atoms with Gasteiger partial charge in [-0.25, -0.2) is 4.79 Å². The van der Waals surface area contributed by atoms with Gasteiger partial charge in [0.15, 0.2) is 0 Å². The summed E-state index contributed by atoms with van der Waals surface area (Å²) < 4.78 is 0.590. The van der Waals surface area contributed by atoms with Gasteiger partial charge in [-0.05, 0) is 25.0 Å². The van der Waals surface area contributed by atoms with E-state index in [0.717, 1.165) is 0 Å². The molecule has 0 radical (unpaired) electrons. The lowest BCUT2D eigenvalue weighted by Crippen LogP contribution is -2.48. The molecular weight excluding hydrogens is 314 g/mol. The minimum Gasteiger partial charge on any atom is -0.338 e. The Bertz CT molecular complexity index is 579. The van der Waals surface area contributed by atoms with E-state index in [4.69, 9.17) is 11.6 Å². The number of nitrogens with zero attached hydrogens (tertiary/aromatic N) is 2. The summed E-state index contributed by atoms with van der Waals surface area (Å²) in [4.78, 5) is 39.2. The highest BCUT2D eigenvalue weighted by Crippen LogP contribution is 2.25. The second-order valence-corrected chi connectivity index (χ2v) is 6.76. The lowest BCUT2D eigenvalue weighted by Gasteiger charge is -2.35. The maximum Gasteiger partial charge on any atom is 0.324 e. The Morgan fingerprint density at radius 2 is 2.00 bits per heavy atom. The van der Waals surface area contributed by atoms with E-state index >= 15 is 0 Å². The molecule has 0 bridgehead atoms. The van der Waals surface area contributed by atoms with Crippen molar-refractivity contribution in [1.29, 1.82) is 0 Å². The van der Waals surface area contributed by atoms with Crippen LogP contribution in [0.4, 0.5) is 4.79 Å². The Morgan fingerprint density at radius 3 is 2.52 bits per heavy atom. The normalized spacial score (nSPS) is 20.0. The van der Waals surface area contributed by atoms with E-state index in [1.807, 2.05) is 0 Å². The van der Waals surface area contributed by atoms with Crippen molar-refractivity contribution in [1.82, 2.24) is 15.1 Å². The van der Waals surface area contributed by atoms with Crippen LogP contribution in [0, 0.1) is 0 Å². The summed E-state index contributed by atoms with van der Waals surface area (Å²) >= 11 is 7.11. The van der Waals surface area contributed by atoms with Gasteiger partial charge in [0.05, 0.1) is 15.8 Å². The van der Waals surface area contributed by atoms with Gasteiger partial charge in [0.25, 0.3) is 5.91 Å². The number of hydrogen-bond acceptors (Lipinski definition) is 4. The second-order valence-electron chi connectivity index (χ2n) is 5.05. The van der Waals surface area contributed by atoms with Crippen LogP contribution in [-0.2, 0) is 4.79 Å². The van der Waals surface area contributed by atoms with E-state index < -0.39 is 0 Å². The lowest BCUT2D eigenvalue weighted by atomic mass is 10.0. The minimum atomic E-state index is -0.324. The summed E-state index contributed by atoms with van der Waals surface area (Å²) in [6.07, 6.45) is 1.23. The number of imide groups is 1. The first-order valence-corrected chi connectivity index (χ1v) is 7.90. The maximum absolute atomic E-state index is 12.3. The molecule has 3 rings (SSSR count). The monoisotopic (exact) mass is 327 g/mol. The molecule has 2 aliphatic rings. The second kappa shape index (κ2) is 5.65. The Hall–Kier alpha value is -1.60. The standard InChI is InChI=1S/C13H14ClN3O3S/c14-10-2-1-9(21-10)12(19)16-5-3-8(4-6-16)17-11(18)7-15-13(17)20/h1-2,8H,3-7H2,(H,15,20). The Labute approximate surface area is 130 Å². The first-order chi connectivity index (χ1) is 10.1. The van der Waals surface area contributed by atoms with E-state index in [0.29, 0.717) is 35.1 Å². The van der Waals surface area contributed by atoms with E-state index in [2.05, 4.69) is 5.32 Å². The molecule has 0 unspecified atom stereocenters. The quantitative estimate of drug-likeness (QED) is 0.838. The molecule has 1 aromatic heterocycles. The number of carbonyl (C=O) groups is 3. The molecule has 0 atom stereocenters. The highest BCUT2D eigenvalue weighted by molar-refractivity contribution is 7.17. The van der Waals surface area contributed by atoms with Crippen LogP contribution in [-0.4, -0.2) is 53.3 Å². The molecule has 0 aliphatic carbocycles. The summed E-state index contributed by atoms with van der Waals surface area (Å²) in [7, 11) is 0. The molecule has 3 heterocycles. The topological polar surface area (TPSA) is 69.7 Å². The first-order valence-electron chi connectivity index (χ1n) is 6.71. The molecule has 1 N–H and O–H groups in total. The van der Waals surface area contributed by atoms with Crippen LogP contribution in [0.3, 0.4) is 0 Å². The third-order valence-electron chi connectivity index (χ3n) is 3.78. The van der Waals surface area contributed by atoms with Gasteiger partial charge in [-0.3, -0.25) is 14.5 Å². The van der Waals surface area contributed by atoms with Crippen molar-refractivity contribution in [3.63, 3.8) is 0 Å². The number of carbonyl (C=O) groups excluding carboxylic acids is 3. The molecule has 112 valence electrons. The number of halogens is 1. The van der Waals surface area contributed by atoms with Crippen LogP contribution in [0.1, 0.15) is 22.5 Å². The fourth-order valence-corrected chi connectivity index (χ4v) is 3.73. The molecular formula is C13H14ClN3O3S. The predicted octanol–water partition coefficient (Wildman–Crippen LogP) is 1.56. The Morgan fingerprint density at radius 1 is 1.29 bits per heavy atom. The van der Waals surface area contributed by atoms with Crippen molar-refractivity contribution in [2.24, 2.45) is 0 Å². The third-order valence-corrected chi connectivity index (χ3v) is 5.00. The fourth-order valence-electron chi connectivity index (χ4n) is 2.72. The Balaban J connectivity index is 1.61. The molecule has 2 aliphatic heterocycles. The minimum absolute atomic E-state index is 0.0393. The SMILES string of the molecule is O=C(c1ccc(Cl)s1)N1CCC(N2C(=O)CNC2=O)CC1. The zero-order valence-electron chi connectivity index (χ0n) is 11.2. The van der Waals surface area contributed by atoms with E-state index in [1.165, 1.54) is 16.2 Å². The Kier molecular flexibility index (Phi) is 3.86. The van der Waals surface area contributed by atoms with Crippen molar-refractivity contribution in [2.45, 2.75) is 18.9 Å². The van der Waals surface area contributed by atoms with Gasteiger partial charge in [-0.1, -0.05) is 11.6 Å². The number of amides is 4. The van der Waals surface area contributed by atoms with Crippen molar-refractivity contribution >= 4 is 40.8 Å². The molecule has 2 fully saturated rings. The summed E-state index contributed by atoms with van der Waals surface area (Å²) in [5, 5.41) is 2.52. The molecule has 0 saturated carbocycles.